The lowest BCUT2D eigenvalue weighted by atomic mass is 10.00. The first-order valence-corrected chi connectivity index (χ1v) is 5.66. The van der Waals surface area contributed by atoms with E-state index in [1.54, 1.807) is 0 Å². The summed E-state index contributed by atoms with van der Waals surface area (Å²) in [6.45, 7) is 6.92. The Morgan fingerprint density at radius 3 is 2.69 bits per heavy atom. The summed E-state index contributed by atoms with van der Waals surface area (Å²) >= 11 is 0. The summed E-state index contributed by atoms with van der Waals surface area (Å²) < 4.78 is 0. The number of nitrogen functional groups attached to an aromatic ring is 1. The van der Waals surface area contributed by atoms with E-state index in [0.717, 1.165) is 23.2 Å². The van der Waals surface area contributed by atoms with Crippen molar-refractivity contribution in [3.8, 4) is 0 Å². The van der Waals surface area contributed by atoms with Gasteiger partial charge in [0.05, 0.1) is 0 Å². The van der Waals surface area contributed by atoms with Gasteiger partial charge in [-0.25, -0.2) is 0 Å². The molecular formula is C13H18N2O. The molecule has 0 saturated heterocycles. The molecule has 1 aromatic rings. The summed E-state index contributed by atoms with van der Waals surface area (Å²) in [5.74, 6) is 0.106. The molecule has 0 saturated carbocycles. The van der Waals surface area contributed by atoms with Gasteiger partial charge in [-0.15, -0.1) is 0 Å². The predicted octanol–water partition coefficient (Wildman–Crippen LogP) is 2.41. The van der Waals surface area contributed by atoms with Crippen LogP contribution in [0.1, 0.15) is 43.1 Å². The normalized spacial score (nSPS) is 15.4. The smallest absolute Gasteiger partial charge is 0.255 e. The van der Waals surface area contributed by atoms with Crippen LogP contribution in [0, 0.1) is 0 Å². The standard InChI is InChI=1S/C13H18N2O/c1-4-13(2,3)15-8-10-9(12(15)16)6-5-7-11(10)14/h5-7H,4,8,14H2,1-3H3. The van der Waals surface area contributed by atoms with Crippen LogP contribution in [0.3, 0.4) is 0 Å². The number of hydrogen-bond acceptors (Lipinski definition) is 2. The molecule has 86 valence electrons. The lowest BCUT2D eigenvalue weighted by Gasteiger charge is -2.34. The van der Waals surface area contributed by atoms with Crippen LogP contribution < -0.4 is 5.73 Å². The average Bonchev–Trinajstić information content (AvgIpc) is 2.59. The number of nitrogens with zero attached hydrogens (tertiary/aromatic N) is 1. The van der Waals surface area contributed by atoms with Gasteiger partial charge in [0.25, 0.3) is 5.91 Å². The second-order valence-corrected chi connectivity index (χ2v) is 4.93. The summed E-state index contributed by atoms with van der Waals surface area (Å²) in [4.78, 5) is 14.1. The minimum absolute atomic E-state index is 0.106. The van der Waals surface area contributed by atoms with Gasteiger partial charge in [0.1, 0.15) is 0 Å². The molecule has 0 atom stereocenters. The number of fused-ring (bicyclic) bond motifs is 1. The summed E-state index contributed by atoms with van der Waals surface area (Å²) in [5, 5.41) is 0. The van der Waals surface area contributed by atoms with Crippen molar-refractivity contribution in [2.24, 2.45) is 0 Å². The highest BCUT2D eigenvalue weighted by Gasteiger charge is 2.36. The topological polar surface area (TPSA) is 46.3 Å². The summed E-state index contributed by atoms with van der Waals surface area (Å²) in [5.41, 5.74) is 8.26. The van der Waals surface area contributed by atoms with E-state index in [4.69, 9.17) is 5.73 Å². The monoisotopic (exact) mass is 218 g/mol. The van der Waals surface area contributed by atoms with Gasteiger partial charge in [0.15, 0.2) is 0 Å². The Kier molecular flexibility index (Phi) is 2.41. The summed E-state index contributed by atoms with van der Waals surface area (Å²) in [6, 6.07) is 5.56. The zero-order chi connectivity index (χ0) is 11.9. The number of anilines is 1. The molecule has 0 radical (unpaired) electrons. The maximum absolute atomic E-state index is 12.2. The van der Waals surface area contributed by atoms with Gasteiger partial charge in [-0.2, -0.15) is 0 Å². The van der Waals surface area contributed by atoms with Crippen LogP contribution in [0.2, 0.25) is 0 Å². The van der Waals surface area contributed by atoms with Gasteiger partial charge in [-0.1, -0.05) is 13.0 Å². The molecule has 1 amide bonds. The van der Waals surface area contributed by atoms with Gasteiger partial charge in [-0.3, -0.25) is 4.79 Å². The van der Waals surface area contributed by atoms with Crippen molar-refractivity contribution in [1.29, 1.82) is 0 Å². The van der Waals surface area contributed by atoms with Crippen molar-refractivity contribution in [2.45, 2.75) is 39.3 Å². The van der Waals surface area contributed by atoms with E-state index in [1.165, 1.54) is 0 Å². The van der Waals surface area contributed by atoms with Crippen LogP contribution in [0.25, 0.3) is 0 Å². The molecular weight excluding hydrogens is 200 g/mol. The van der Waals surface area contributed by atoms with E-state index in [0.29, 0.717) is 6.54 Å². The van der Waals surface area contributed by atoms with Crippen LogP contribution in [0.5, 0.6) is 0 Å². The molecule has 1 aliphatic rings. The minimum Gasteiger partial charge on any atom is -0.398 e. The highest BCUT2D eigenvalue weighted by Crippen LogP contribution is 2.33. The molecule has 3 heteroatoms. The molecule has 0 aromatic heterocycles. The SMILES string of the molecule is CCC(C)(C)N1Cc2c(N)cccc2C1=O. The Bertz CT molecular complexity index is 438. The second-order valence-electron chi connectivity index (χ2n) is 4.93. The quantitative estimate of drug-likeness (QED) is 0.775. The zero-order valence-corrected chi connectivity index (χ0v) is 10.1. The number of benzene rings is 1. The Balaban J connectivity index is 2.42. The van der Waals surface area contributed by atoms with Crippen LogP contribution in [0.15, 0.2) is 18.2 Å². The van der Waals surface area contributed by atoms with E-state index in [9.17, 15) is 4.79 Å². The number of nitrogens with two attached hydrogens (primary N) is 1. The van der Waals surface area contributed by atoms with Crippen LogP contribution in [-0.4, -0.2) is 16.3 Å². The third-order valence-electron chi connectivity index (χ3n) is 3.60. The van der Waals surface area contributed by atoms with Crippen molar-refractivity contribution >= 4 is 11.6 Å². The third kappa shape index (κ3) is 1.47. The minimum atomic E-state index is -0.109. The van der Waals surface area contributed by atoms with Crippen LogP contribution >= 0.6 is 0 Å². The fraction of sp³-hybridized carbons (Fsp3) is 0.462. The van der Waals surface area contributed by atoms with Crippen molar-refractivity contribution in [3.05, 3.63) is 29.3 Å². The fourth-order valence-corrected chi connectivity index (χ4v) is 2.04. The molecule has 2 rings (SSSR count). The van der Waals surface area contributed by atoms with Crippen molar-refractivity contribution in [1.82, 2.24) is 4.90 Å². The Labute approximate surface area is 96.2 Å². The Hall–Kier alpha value is -1.51. The molecule has 0 fully saturated rings. The first-order chi connectivity index (χ1) is 7.47. The van der Waals surface area contributed by atoms with E-state index >= 15 is 0 Å². The lowest BCUT2D eigenvalue weighted by Crippen LogP contribution is -2.43. The van der Waals surface area contributed by atoms with Gasteiger partial charge in [0, 0.05) is 28.9 Å². The molecule has 3 nitrogen and oxygen atoms in total. The van der Waals surface area contributed by atoms with Gasteiger partial charge < -0.3 is 10.6 Å². The van der Waals surface area contributed by atoms with E-state index in [2.05, 4.69) is 20.8 Å². The maximum Gasteiger partial charge on any atom is 0.255 e. The highest BCUT2D eigenvalue weighted by atomic mass is 16.2. The van der Waals surface area contributed by atoms with E-state index in [1.807, 2.05) is 23.1 Å². The average molecular weight is 218 g/mol. The molecule has 2 N–H and O–H groups in total. The fourth-order valence-electron chi connectivity index (χ4n) is 2.04. The lowest BCUT2D eigenvalue weighted by molar-refractivity contribution is 0.0566. The second kappa shape index (κ2) is 3.51. The van der Waals surface area contributed by atoms with Crippen LogP contribution in [-0.2, 0) is 6.54 Å². The van der Waals surface area contributed by atoms with Crippen LogP contribution in [0.4, 0.5) is 5.69 Å². The molecule has 0 spiro atoms. The number of rotatable bonds is 2. The molecule has 0 bridgehead atoms. The van der Waals surface area contributed by atoms with Gasteiger partial charge in [0.2, 0.25) is 0 Å². The zero-order valence-electron chi connectivity index (χ0n) is 10.1. The molecule has 1 aromatic carbocycles. The Morgan fingerprint density at radius 1 is 1.44 bits per heavy atom. The number of amides is 1. The number of carbonyl (C=O) groups excluding carboxylic acids is 1. The summed E-state index contributed by atoms with van der Waals surface area (Å²) in [6.07, 6.45) is 0.937. The molecule has 1 aliphatic heterocycles. The molecule has 1 heterocycles. The largest absolute Gasteiger partial charge is 0.398 e. The highest BCUT2D eigenvalue weighted by molar-refractivity contribution is 6.00. The first kappa shape index (κ1) is 11.0. The molecule has 16 heavy (non-hydrogen) atoms. The third-order valence-corrected chi connectivity index (χ3v) is 3.60. The molecule has 0 unspecified atom stereocenters. The first-order valence-electron chi connectivity index (χ1n) is 5.66. The van der Waals surface area contributed by atoms with E-state index in [-0.39, 0.29) is 11.4 Å². The number of hydrogen-bond donors (Lipinski definition) is 1. The van der Waals surface area contributed by atoms with E-state index < -0.39 is 0 Å². The number of carbonyl (C=O) groups is 1. The van der Waals surface area contributed by atoms with Crippen molar-refractivity contribution in [3.63, 3.8) is 0 Å². The van der Waals surface area contributed by atoms with Crippen molar-refractivity contribution in [2.75, 3.05) is 5.73 Å². The maximum atomic E-state index is 12.2. The Morgan fingerprint density at radius 2 is 2.12 bits per heavy atom. The molecule has 0 aliphatic carbocycles. The predicted molar refractivity (Wildman–Crippen MR) is 65.1 cm³/mol. The van der Waals surface area contributed by atoms with Gasteiger partial charge >= 0.3 is 0 Å². The summed E-state index contributed by atoms with van der Waals surface area (Å²) in [7, 11) is 0. The van der Waals surface area contributed by atoms with Crippen molar-refractivity contribution < 1.29 is 4.79 Å². The van der Waals surface area contributed by atoms with Gasteiger partial charge in [-0.05, 0) is 32.4 Å².